The molecule has 0 aliphatic rings. The highest BCUT2D eigenvalue weighted by molar-refractivity contribution is 5.84. The van der Waals surface area contributed by atoms with E-state index in [-0.39, 0.29) is 12.3 Å². The van der Waals surface area contributed by atoms with E-state index in [9.17, 15) is 14.7 Å². The van der Waals surface area contributed by atoms with Crippen molar-refractivity contribution < 1.29 is 14.7 Å². The van der Waals surface area contributed by atoms with Crippen LogP contribution in [0.15, 0.2) is 43.0 Å². The van der Waals surface area contributed by atoms with E-state index < -0.39 is 12.0 Å². The van der Waals surface area contributed by atoms with Gasteiger partial charge in [-0.3, -0.25) is 9.48 Å². The van der Waals surface area contributed by atoms with Crippen molar-refractivity contribution in [2.24, 2.45) is 0 Å². The van der Waals surface area contributed by atoms with E-state index in [1.165, 1.54) is 17.3 Å². The van der Waals surface area contributed by atoms with Crippen LogP contribution >= 0.6 is 0 Å². The molecule has 0 spiro atoms. The van der Waals surface area contributed by atoms with Crippen LogP contribution in [0, 0.1) is 0 Å². The van der Waals surface area contributed by atoms with Gasteiger partial charge in [-0.25, -0.2) is 9.78 Å². The van der Waals surface area contributed by atoms with E-state index in [1.54, 1.807) is 30.3 Å². The van der Waals surface area contributed by atoms with Crippen LogP contribution in [0.4, 0.5) is 0 Å². The third kappa shape index (κ3) is 3.64. The van der Waals surface area contributed by atoms with Gasteiger partial charge in [0.2, 0.25) is 5.91 Å². The number of carbonyl (C=O) groups excluding carboxylic acids is 1. The number of aryl methyl sites for hydroxylation is 1. The Balaban J connectivity index is 1.95. The number of nitrogens with one attached hydrogen (secondary N) is 1. The van der Waals surface area contributed by atoms with Gasteiger partial charge < -0.3 is 10.4 Å². The first kappa shape index (κ1) is 13.7. The summed E-state index contributed by atoms with van der Waals surface area (Å²) in [6, 6.07) is 7.53. The van der Waals surface area contributed by atoms with Crippen molar-refractivity contribution in [2.45, 2.75) is 19.0 Å². The lowest BCUT2D eigenvalue weighted by Gasteiger charge is -2.14. The average Bonchev–Trinajstić information content (AvgIpc) is 2.96. The summed E-state index contributed by atoms with van der Waals surface area (Å²) in [5, 5.41) is 15.6. The fourth-order valence-electron chi connectivity index (χ4n) is 1.73. The van der Waals surface area contributed by atoms with Crippen molar-refractivity contribution in [2.75, 3.05) is 0 Å². The summed E-state index contributed by atoms with van der Waals surface area (Å²) in [5.41, 5.74) is 0.536. The first-order chi connectivity index (χ1) is 9.66. The molecule has 0 radical (unpaired) electrons. The maximum absolute atomic E-state index is 11.8. The number of carboxylic acids is 1. The molecule has 104 valence electrons. The lowest BCUT2D eigenvalue weighted by atomic mass is 10.1. The first-order valence-electron chi connectivity index (χ1n) is 6.06. The molecule has 0 aliphatic heterocycles. The summed E-state index contributed by atoms with van der Waals surface area (Å²) in [6.45, 7) is 0.354. The Morgan fingerprint density at radius 3 is 2.65 bits per heavy atom. The van der Waals surface area contributed by atoms with E-state index in [2.05, 4.69) is 15.4 Å². The second-order valence-electron chi connectivity index (χ2n) is 4.16. The Kier molecular flexibility index (Phi) is 4.43. The number of aliphatic carboxylic acids is 1. The molecule has 0 aliphatic carbocycles. The van der Waals surface area contributed by atoms with E-state index in [0.29, 0.717) is 12.1 Å². The van der Waals surface area contributed by atoms with Crippen LogP contribution in [0.5, 0.6) is 0 Å². The van der Waals surface area contributed by atoms with Crippen LogP contribution in [0.1, 0.15) is 18.0 Å². The molecule has 0 unspecified atom stereocenters. The maximum Gasteiger partial charge on any atom is 0.330 e. The van der Waals surface area contributed by atoms with Gasteiger partial charge in [-0.1, -0.05) is 30.3 Å². The molecule has 7 nitrogen and oxygen atoms in total. The van der Waals surface area contributed by atoms with Crippen LogP contribution in [0.25, 0.3) is 0 Å². The van der Waals surface area contributed by atoms with Gasteiger partial charge in [-0.15, -0.1) is 0 Å². The Labute approximate surface area is 115 Å². The summed E-state index contributed by atoms with van der Waals surface area (Å²) in [4.78, 5) is 26.8. The highest BCUT2D eigenvalue weighted by atomic mass is 16.4. The molecule has 1 atom stereocenters. The topological polar surface area (TPSA) is 97.1 Å². The number of hydrogen-bond acceptors (Lipinski definition) is 4. The lowest BCUT2D eigenvalue weighted by molar-refractivity contribution is -0.142. The van der Waals surface area contributed by atoms with Crippen molar-refractivity contribution in [3.8, 4) is 0 Å². The lowest BCUT2D eigenvalue weighted by Crippen LogP contribution is -2.34. The van der Waals surface area contributed by atoms with Crippen LogP contribution in [0.2, 0.25) is 0 Å². The largest absolute Gasteiger partial charge is 0.479 e. The molecule has 0 saturated heterocycles. The number of hydrogen-bond donors (Lipinski definition) is 2. The van der Waals surface area contributed by atoms with Gasteiger partial charge in [0.05, 0.1) is 6.54 Å². The molecule has 2 rings (SSSR count). The standard InChI is InChI=1S/C13H14N4O3/c18-11(6-7-17-9-14-8-15-17)16-12(13(19)20)10-4-2-1-3-5-10/h1-5,8-9,12H,6-7H2,(H,16,18)(H,19,20)/t12-/m0/s1. The normalized spacial score (nSPS) is 11.8. The molecule has 2 N–H and O–H groups in total. The Morgan fingerprint density at radius 1 is 1.30 bits per heavy atom. The zero-order chi connectivity index (χ0) is 14.4. The number of amides is 1. The zero-order valence-corrected chi connectivity index (χ0v) is 10.6. The molecule has 1 heterocycles. The minimum Gasteiger partial charge on any atom is -0.479 e. The Hall–Kier alpha value is -2.70. The molecular formula is C13H14N4O3. The van der Waals surface area contributed by atoms with Gasteiger partial charge in [0.15, 0.2) is 6.04 Å². The zero-order valence-electron chi connectivity index (χ0n) is 10.6. The minimum atomic E-state index is -1.09. The van der Waals surface area contributed by atoms with Gasteiger partial charge in [-0.05, 0) is 5.56 Å². The van der Waals surface area contributed by atoms with E-state index >= 15 is 0 Å². The highest BCUT2D eigenvalue weighted by Crippen LogP contribution is 2.12. The van der Waals surface area contributed by atoms with Crippen molar-refractivity contribution in [1.82, 2.24) is 20.1 Å². The Morgan fingerprint density at radius 2 is 2.05 bits per heavy atom. The number of benzene rings is 1. The third-order valence-corrected chi connectivity index (χ3v) is 2.72. The van der Waals surface area contributed by atoms with Gasteiger partial charge >= 0.3 is 5.97 Å². The van der Waals surface area contributed by atoms with Gasteiger partial charge in [0.1, 0.15) is 12.7 Å². The second kappa shape index (κ2) is 6.46. The van der Waals surface area contributed by atoms with Gasteiger partial charge in [0, 0.05) is 6.42 Å². The number of rotatable bonds is 6. The molecule has 2 aromatic rings. The summed E-state index contributed by atoms with van der Waals surface area (Å²) in [5.74, 6) is -1.44. The molecule has 1 amide bonds. The van der Waals surface area contributed by atoms with E-state index in [1.807, 2.05) is 0 Å². The second-order valence-corrected chi connectivity index (χ2v) is 4.16. The smallest absolute Gasteiger partial charge is 0.330 e. The van der Waals surface area contributed by atoms with Gasteiger partial charge in [-0.2, -0.15) is 5.10 Å². The van der Waals surface area contributed by atoms with Crippen molar-refractivity contribution in [1.29, 1.82) is 0 Å². The molecule has 20 heavy (non-hydrogen) atoms. The molecule has 0 fully saturated rings. The fraction of sp³-hybridized carbons (Fsp3) is 0.231. The fourth-order valence-corrected chi connectivity index (χ4v) is 1.73. The predicted octanol–water partition coefficient (Wildman–Crippen LogP) is 0.610. The third-order valence-electron chi connectivity index (χ3n) is 2.72. The molecular weight excluding hydrogens is 260 g/mol. The molecule has 0 bridgehead atoms. The molecule has 7 heteroatoms. The van der Waals surface area contributed by atoms with Gasteiger partial charge in [0.25, 0.3) is 0 Å². The molecule has 1 aromatic heterocycles. The quantitative estimate of drug-likeness (QED) is 0.804. The van der Waals surface area contributed by atoms with Crippen LogP contribution in [-0.4, -0.2) is 31.7 Å². The predicted molar refractivity (Wildman–Crippen MR) is 69.6 cm³/mol. The monoisotopic (exact) mass is 274 g/mol. The number of aromatic nitrogens is 3. The highest BCUT2D eigenvalue weighted by Gasteiger charge is 2.21. The molecule has 0 saturated carbocycles. The summed E-state index contributed by atoms with van der Waals surface area (Å²) in [6.07, 6.45) is 3.01. The van der Waals surface area contributed by atoms with Crippen molar-refractivity contribution in [3.63, 3.8) is 0 Å². The SMILES string of the molecule is O=C(CCn1cncn1)N[C@H](C(=O)O)c1ccccc1. The van der Waals surface area contributed by atoms with Crippen molar-refractivity contribution >= 4 is 11.9 Å². The minimum absolute atomic E-state index is 0.139. The maximum atomic E-state index is 11.8. The van der Waals surface area contributed by atoms with E-state index in [0.717, 1.165) is 0 Å². The average molecular weight is 274 g/mol. The van der Waals surface area contributed by atoms with Crippen LogP contribution in [-0.2, 0) is 16.1 Å². The number of nitrogens with zero attached hydrogens (tertiary/aromatic N) is 3. The van der Waals surface area contributed by atoms with E-state index in [4.69, 9.17) is 0 Å². The van der Waals surface area contributed by atoms with Crippen LogP contribution in [0.3, 0.4) is 0 Å². The first-order valence-corrected chi connectivity index (χ1v) is 6.06. The van der Waals surface area contributed by atoms with Crippen molar-refractivity contribution in [3.05, 3.63) is 48.5 Å². The number of carboxylic acid groups (broad SMARTS) is 1. The summed E-state index contributed by atoms with van der Waals surface area (Å²) < 4.78 is 1.51. The summed E-state index contributed by atoms with van der Waals surface area (Å²) in [7, 11) is 0. The summed E-state index contributed by atoms with van der Waals surface area (Å²) >= 11 is 0. The molecule has 1 aromatic carbocycles. The Bertz CT molecular complexity index is 569. The number of carbonyl (C=O) groups is 2. The van der Waals surface area contributed by atoms with Crippen LogP contribution < -0.4 is 5.32 Å².